The average molecular weight is 285 g/mol. The minimum absolute atomic E-state index is 0.163. The van der Waals surface area contributed by atoms with Crippen LogP contribution in [-0.2, 0) is 0 Å². The fourth-order valence-corrected chi connectivity index (χ4v) is 2.77. The summed E-state index contributed by atoms with van der Waals surface area (Å²) in [5.74, 6) is 0.335. The van der Waals surface area contributed by atoms with Crippen LogP contribution in [0, 0.1) is 5.92 Å². The van der Waals surface area contributed by atoms with E-state index in [0.29, 0.717) is 22.9 Å². The number of aliphatic hydroxyl groups is 1. The van der Waals surface area contributed by atoms with Gasteiger partial charge in [-0.25, -0.2) is 0 Å². The van der Waals surface area contributed by atoms with Gasteiger partial charge in [-0.15, -0.1) is 5.10 Å². The van der Waals surface area contributed by atoms with Crippen LogP contribution in [-0.4, -0.2) is 32.7 Å². The Morgan fingerprint density at radius 2 is 2.05 bits per heavy atom. The van der Waals surface area contributed by atoms with E-state index in [4.69, 9.17) is 0 Å². The summed E-state index contributed by atoms with van der Waals surface area (Å²) in [6.45, 7) is 10.0. The van der Waals surface area contributed by atoms with Crippen LogP contribution in [0.1, 0.15) is 62.3 Å². The minimum atomic E-state index is -0.889. The molecule has 1 heterocycles. The molecule has 0 aliphatic rings. The van der Waals surface area contributed by atoms with Crippen LogP contribution in [0.2, 0.25) is 0 Å². The molecule has 2 N–H and O–H groups in total. The maximum Gasteiger partial charge on any atom is 0.265 e. The molecule has 1 atom stereocenters. The van der Waals surface area contributed by atoms with E-state index >= 15 is 0 Å². The van der Waals surface area contributed by atoms with E-state index in [1.807, 2.05) is 27.7 Å². The Morgan fingerprint density at radius 1 is 1.42 bits per heavy atom. The Bertz CT molecular complexity index is 427. The molecular weight excluding hydrogens is 262 g/mol. The van der Waals surface area contributed by atoms with E-state index < -0.39 is 5.60 Å². The summed E-state index contributed by atoms with van der Waals surface area (Å²) >= 11 is 1.10. The highest BCUT2D eigenvalue weighted by Crippen LogP contribution is 2.20. The van der Waals surface area contributed by atoms with Crippen molar-refractivity contribution in [3.63, 3.8) is 0 Å². The van der Waals surface area contributed by atoms with Gasteiger partial charge in [-0.2, -0.15) is 0 Å². The zero-order valence-corrected chi connectivity index (χ0v) is 13.0. The summed E-state index contributed by atoms with van der Waals surface area (Å²) in [5, 5.41) is 16.9. The van der Waals surface area contributed by atoms with Crippen LogP contribution >= 0.6 is 11.5 Å². The highest BCUT2D eigenvalue weighted by Gasteiger charge is 2.25. The van der Waals surface area contributed by atoms with Crippen molar-refractivity contribution >= 4 is 17.4 Å². The smallest absolute Gasteiger partial charge is 0.265 e. The van der Waals surface area contributed by atoms with Gasteiger partial charge in [0.05, 0.1) is 11.3 Å². The van der Waals surface area contributed by atoms with Crippen molar-refractivity contribution in [1.82, 2.24) is 14.9 Å². The molecule has 1 amide bonds. The third kappa shape index (κ3) is 4.87. The number of aromatic nitrogens is 2. The maximum absolute atomic E-state index is 12.1. The predicted octanol–water partition coefficient (Wildman–Crippen LogP) is 2.19. The van der Waals surface area contributed by atoms with E-state index in [9.17, 15) is 9.90 Å². The Labute approximate surface area is 118 Å². The first-order valence-electron chi connectivity index (χ1n) is 6.56. The van der Waals surface area contributed by atoms with E-state index in [0.717, 1.165) is 11.5 Å². The monoisotopic (exact) mass is 285 g/mol. The number of hydrogen-bond acceptors (Lipinski definition) is 5. The zero-order valence-electron chi connectivity index (χ0n) is 12.2. The van der Waals surface area contributed by atoms with Gasteiger partial charge in [0.15, 0.2) is 0 Å². The minimum Gasteiger partial charge on any atom is -0.388 e. The van der Waals surface area contributed by atoms with E-state index in [2.05, 4.69) is 14.9 Å². The lowest BCUT2D eigenvalue weighted by molar-refractivity contribution is 0.0369. The van der Waals surface area contributed by atoms with Gasteiger partial charge in [0.25, 0.3) is 5.91 Å². The molecule has 0 spiro atoms. The summed E-state index contributed by atoms with van der Waals surface area (Å²) in [5.41, 5.74) is -0.175. The molecule has 108 valence electrons. The number of nitrogens with one attached hydrogen (secondary N) is 1. The molecule has 0 aliphatic heterocycles. The van der Waals surface area contributed by atoms with Crippen molar-refractivity contribution in [3.8, 4) is 0 Å². The second kappa shape index (κ2) is 6.43. The molecule has 1 rings (SSSR count). The third-order valence-electron chi connectivity index (χ3n) is 2.74. The summed E-state index contributed by atoms with van der Waals surface area (Å²) in [6.07, 6.45) is 0.644. The van der Waals surface area contributed by atoms with Crippen molar-refractivity contribution in [2.24, 2.45) is 5.92 Å². The number of hydrogen-bond donors (Lipinski definition) is 2. The molecule has 0 aromatic carbocycles. The van der Waals surface area contributed by atoms with Crippen molar-refractivity contribution in [1.29, 1.82) is 0 Å². The quantitative estimate of drug-likeness (QED) is 0.840. The van der Waals surface area contributed by atoms with Gasteiger partial charge < -0.3 is 10.4 Å². The van der Waals surface area contributed by atoms with Crippen LogP contribution in [0.4, 0.5) is 0 Å². The van der Waals surface area contributed by atoms with Crippen LogP contribution in [0.25, 0.3) is 0 Å². The third-order valence-corrected chi connectivity index (χ3v) is 3.48. The molecule has 0 saturated heterocycles. The predicted molar refractivity (Wildman–Crippen MR) is 76.4 cm³/mol. The Balaban J connectivity index is 2.63. The van der Waals surface area contributed by atoms with Gasteiger partial charge in [-0.05, 0) is 36.7 Å². The van der Waals surface area contributed by atoms with Gasteiger partial charge in [0, 0.05) is 6.54 Å². The number of carbonyl (C=O) groups is 1. The molecule has 1 unspecified atom stereocenters. The lowest BCUT2D eigenvalue weighted by Gasteiger charge is -2.25. The number of amides is 1. The number of carbonyl (C=O) groups excluding carboxylic acids is 1. The van der Waals surface area contributed by atoms with Crippen LogP contribution in [0.5, 0.6) is 0 Å². The first-order valence-corrected chi connectivity index (χ1v) is 7.33. The maximum atomic E-state index is 12.1. The standard InChI is InChI=1S/C13H23N3O2S/c1-8(2)6-13(5,18)7-14-12(17)11-10(9(3)4)15-16-19-11/h8-9,18H,6-7H2,1-5H3,(H,14,17). The molecule has 0 fully saturated rings. The summed E-state index contributed by atoms with van der Waals surface area (Å²) in [6, 6.07) is 0. The van der Waals surface area contributed by atoms with E-state index in [1.165, 1.54) is 0 Å². The summed E-state index contributed by atoms with van der Waals surface area (Å²) < 4.78 is 3.83. The zero-order chi connectivity index (χ0) is 14.6. The average Bonchev–Trinajstić information content (AvgIpc) is 2.73. The fourth-order valence-electron chi connectivity index (χ4n) is 2.04. The van der Waals surface area contributed by atoms with Gasteiger partial charge in [-0.1, -0.05) is 32.2 Å². The van der Waals surface area contributed by atoms with Crippen molar-refractivity contribution in [3.05, 3.63) is 10.6 Å². The van der Waals surface area contributed by atoms with Crippen molar-refractivity contribution in [2.45, 2.75) is 52.6 Å². The highest BCUT2D eigenvalue weighted by atomic mass is 32.1. The first kappa shape index (κ1) is 16.0. The second-order valence-electron chi connectivity index (χ2n) is 5.92. The van der Waals surface area contributed by atoms with Crippen molar-refractivity contribution < 1.29 is 9.90 Å². The Kier molecular flexibility index (Phi) is 5.43. The number of nitrogens with zero attached hydrogens (tertiary/aromatic N) is 2. The van der Waals surface area contributed by atoms with Crippen molar-refractivity contribution in [2.75, 3.05) is 6.54 Å². The topological polar surface area (TPSA) is 75.1 Å². The molecule has 19 heavy (non-hydrogen) atoms. The largest absolute Gasteiger partial charge is 0.388 e. The summed E-state index contributed by atoms with van der Waals surface area (Å²) in [4.78, 5) is 12.6. The number of rotatable bonds is 6. The van der Waals surface area contributed by atoms with Gasteiger partial charge in [-0.3, -0.25) is 4.79 Å². The molecule has 1 aromatic heterocycles. The van der Waals surface area contributed by atoms with E-state index in [-0.39, 0.29) is 18.4 Å². The van der Waals surface area contributed by atoms with Crippen LogP contribution in [0.3, 0.4) is 0 Å². The van der Waals surface area contributed by atoms with Crippen LogP contribution < -0.4 is 5.32 Å². The molecular formula is C13H23N3O2S. The SMILES string of the molecule is CC(C)CC(C)(O)CNC(=O)c1snnc1C(C)C. The molecule has 0 radical (unpaired) electrons. The lowest BCUT2D eigenvalue weighted by atomic mass is 9.94. The molecule has 5 nitrogen and oxygen atoms in total. The molecule has 1 aromatic rings. The van der Waals surface area contributed by atoms with Crippen LogP contribution in [0.15, 0.2) is 0 Å². The highest BCUT2D eigenvalue weighted by molar-refractivity contribution is 7.08. The van der Waals surface area contributed by atoms with E-state index in [1.54, 1.807) is 6.92 Å². The van der Waals surface area contributed by atoms with Gasteiger partial charge in [0.1, 0.15) is 4.88 Å². The Hall–Kier alpha value is -1.01. The molecule has 0 bridgehead atoms. The molecule has 6 heteroatoms. The second-order valence-corrected chi connectivity index (χ2v) is 6.67. The first-order chi connectivity index (χ1) is 8.73. The summed E-state index contributed by atoms with van der Waals surface area (Å²) in [7, 11) is 0. The lowest BCUT2D eigenvalue weighted by Crippen LogP contribution is -2.41. The molecule has 0 aliphatic carbocycles. The normalized spacial score (nSPS) is 14.7. The fraction of sp³-hybridized carbons (Fsp3) is 0.769. The molecule has 0 saturated carbocycles. The van der Waals surface area contributed by atoms with Gasteiger partial charge in [0.2, 0.25) is 0 Å². The Morgan fingerprint density at radius 3 is 2.58 bits per heavy atom. The van der Waals surface area contributed by atoms with Gasteiger partial charge >= 0.3 is 0 Å².